The third-order valence-corrected chi connectivity index (χ3v) is 5.51. The number of nitrogens with zero attached hydrogens (tertiary/aromatic N) is 1. The van der Waals surface area contributed by atoms with E-state index in [-0.39, 0.29) is 0 Å². The van der Waals surface area contributed by atoms with Crippen LogP contribution in [0.3, 0.4) is 0 Å². The molecule has 0 amide bonds. The van der Waals surface area contributed by atoms with E-state index in [1.807, 2.05) is 0 Å². The Kier molecular flexibility index (Phi) is 5.70. The average molecular weight is 266 g/mol. The summed E-state index contributed by atoms with van der Waals surface area (Å²) in [6.45, 7) is 8.27. The summed E-state index contributed by atoms with van der Waals surface area (Å²) in [5.41, 5.74) is 0. The van der Waals surface area contributed by atoms with Gasteiger partial charge in [0.1, 0.15) is 0 Å². The lowest BCUT2D eigenvalue weighted by atomic mass is 9.75. The molecule has 2 fully saturated rings. The predicted molar refractivity (Wildman–Crippen MR) is 83.5 cm³/mol. The first kappa shape index (κ1) is 15.3. The molecule has 0 bridgehead atoms. The maximum absolute atomic E-state index is 3.77. The van der Waals surface area contributed by atoms with Crippen LogP contribution in [0.25, 0.3) is 0 Å². The summed E-state index contributed by atoms with van der Waals surface area (Å²) in [6.07, 6.45) is 9.96. The van der Waals surface area contributed by atoms with Crippen molar-refractivity contribution in [2.24, 2.45) is 11.8 Å². The van der Waals surface area contributed by atoms with Crippen LogP contribution in [0.5, 0.6) is 0 Å². The molecule has 0 saturated heterocycles. The lowest BCUT2D eigenvalue weighted by molar-refractivity contribution is 0.0386. The normalized spacial score (nSPS) is 37.7. The van der Waals surface area contributed by atoms with Crippen LogP contribution in [0.4, 0.5) is 0 Å². The van der Waals surface area contributed by atoms with E-state index in [9.17, 15) is 0 Å². The minimum absolute atomic E-state index is 0.704. The molecule has 0 aromatic rings. The molecule has 4 atom stereocenters. The van der Waals surface area contributed by atoms with Crippen LogP contribution in [0.2, 0.25) is 0 Å². The van der Waals surface area contributed by atoms with Crippen molar-refractivity contribution in [3.63, 3.8) is 0 Å². The second-order valence-corrected chi connectivity index (χ2v) is 7.17. The third kappa shape index (κ3) is 3.72. The zero-order valence-corrected chi connectivity index (χ0v) is 13.5. The summed E-state index contributed by atoms with van der Waals surface area (Å²) in [4.78, 5) is 2.75. The summed E-state index contributed by atoms with van der Waals surface area (Å²) < 4.78 is 0. The van der Waals surface area contributed by atoms with E-state index in [1.165, 1.54) is 44.9 Å². The molecule has 2 aliphatic rings. The zero-order chi connectivity index (χ0) is 13.8. The second-order valence-electron chi connectivity index (χ2n) is 7.17. The van der Waals surface area contributed by atoms with Gasteiger partial charge in [-0.05, 0) is 51.1 Å². The fraction of sp³-hybridized carbons (Fsp3) is 1.00. The van der Waals surface area contributed by atoms with Gasteiger partial charge in [-0.3, -0.25) is 4.90 Å². The molecule has 0 aromatic heterocycles. The van der Waals surface area contributed by atoms with Crippen molar-refractivity contribution in [2.45, 2.75) is 83.8 Å². The maximum Gasteiger partial charge on any atom is 0.0274 e. The average Bonchev–Trinajstić information content (AvgIpc) is 2.39. The van der Waals surface area contributed by atoms with Gasteiger partial charge in [-0.2, -0.15) is 0 Å². The Morgan fingerprint density at radius 2 is 1.74 bits per heavy atom. The molecular weight excluding hydrogens is 232 g/mol. The SMILES string of the molecule is CCNC1CC(C)CC(C)C1N(C)C1CCCCC1. The first-order valence-corrected chi connectivity index (χ1v) is 8.58. The maximum atomic E-state index is 3.77. The molecule has 1 N–H and O–H groups in total. The van der Waals surface area contributed by atoms with Gasteiger partial charge in [0.15, 0.2) is 0 Å². The van der Waals surface area contributed by atoms with Gasteiger partial charge < -0.3 is 5.32 Å². The molecule has 0 aromatic carbocycles. The molecule has 2 nitrogen and oxygen atoms in total. The Morgan fingerprint density at radius 3 is 2.37 bits per heavy atom. The van der Waals surface area contributed by atoms with E-state index < -0.39 is 0 Å². The third-order valence-electron chi connectivity index (χ3n) is 5.51. The highest BCUT2D eigenvalue weighted by Gasteiger charge is 2.38. The quantitative estimate of drug-likeness (QED) is 0.835. The minimum Gasteiger partial charge on any atom is -0.313 e. The van der Waals surface area contributed by atoms with E-state index in [2.05, 4.69) is 38.0 Å². The summed E-state index contributed by atoms with van der Waals surface area (Å²) in [5, 5.41) is 3.77. The fourth-order valence-electron chi connectivity index (χ4n) is 4.72. The van der Waals surface area contributed by atoms with E-state index in [4.69, 9.17) is 0 Å². The van der Waals surface area contributed by atoms with Crippen molar-refractivity contribution in [1.82, 2.24) is 10.2 Å². The van der Waals surface area contributed by atoms with Crippen LogP contribution in [0.15, 0.2) is 0 Å². The highest BCUT2D eigenvalue weighted by atomic mass is 15.2. The van der Waals surface area contributed by atoms with Gasteiger partial charge in [-0.15, -0.1) is 0 Å². The largest absolute Gasteiger partial charge is 0.313 e. The molecule has 2 rings (SSSR count). The lowest BCUT2D eigenvalue weighted by Crippen LogP contribution is -2.58. The zero-order valence-electron chi connectivity index (χ0n) is 13.5. The summed E-state index contributed by atoms with van der Waals surface area (Å²) in [5.74, 6) is 1.72. The van der Waals surface area contributed by atoms with Crippen molar-refractivity contribution in [3.05, 3.63) is 0 Å². The van der Waals surface area contributed by atoms with Crippen LogP contribution in [-0.4, -0.2) is 36.6 Å². The Morgan fingerprint density at radius 1 is 1.05 bits per heavy atom. The van der Waals surface area contributed by atoms with Gasteiger partial charge in [-0.1, -0.05) is 40.0 Å². The first-order chi connectivity index (χ1) is 9.13. The van der Waals surface area contributed by atoms with Crippen LogP contribution >= 0.6 is 0 Å². The molecule has 19 heavy (non-hydrogen) atoms. The van der Waals surface area contributed by atoms with Crippen molar-refractivity contribution >= 4 is 0 Å². The van der Waals surface area contributed by atoms with Crippen LogP contribution in [-0.2, 0) is 0 Å². The van der Waals surface area contributed by atoms with Crippen molar-refractivity contribution in [2.75, 3.05) is 13.6 Å². The summed E-state index contributed by atoms with van der Waals surface area (Å²) in [6, 6.07) is 2.30. The smallest absolute Gasteiger partial charge is 0.0274 e. The standard InChI is InChI=1S/C17H34N2/c1-5-18-16-12-13(2)11-14(3)17(16)19(4)15-9-7-6-8-10-15/h13-18H,5-12H2,1-4H3. The molecule has 0 heterocycles. The van der Waals surface area contributed by atoms with Gasteiger partial charge in [0.05, 0.1) is 0 Å². The van der Waals surface area contributed by atoms with Crippen LogP contribution in [0, 0.1) is 11.8 Å². The molecule has 0 radical (unpaired) electrons. The first-order valence-electron chi connectivity index (χ1n) is 8.58. The van der Waals surface area contributed by atoms with Gasteiger partial charge in [0.25, 0.3) is 0 Å². The number of nitrogens with one attached hydrogen (secondary N) is 1. The van der Waals surface area contributed by atoms with Crippen molar-refractivity contribution in [1.29, 1.82) is 0 Å². The number of hydrogen-bond donors (Lipinski definition) is 1. The summed E-state index contributed by atoms with van der Waals surface area (Å²) >= 11 is 0. The van der Waals surface area contributed by atoms with E-state index in [0.717, 1.165) is 30.5 Å². The highest BCUT2D eigenvalue weighted by molar-refractivity contribution is 4.95. The Bertz CT molecular complexity index is 260. The van der Waals surface area contributed by atoms with E-state index in [1.54, 1.807) is 0 Å². The van der Waals surface area contributed by atoms with Gasteiger partial charge in [-0.25, -0.2) is 0 Å². The van der Waals surface area contributed by atoms with Gasteiger partial charge >= 0.3 is 0 Å². The molecule has 2 saturated carbocycles. The highest BCUT2D eigenvalue weighted by Crippen LogP contribution is 2.34. The number of rotatable bonds is 4. The van der Waals surface area contributed by atoms with Crippen molar-refractivity contribution in [3.8, 4) is 0 Å². The molecule has 4 unspecified atom stereocenters. The number of hydrogen-bond acceptors (Lipinski definition) is 2. The van der Waals surface area contributed by atoms with Crippen LogP contribution in [0.1, 0.15) is 65.7 Å². The molecule has 2 heteroatoms. The Labute approximate surface area is 120 Å². The number of likely N-dealkylation sites (N-methyl/N-ethyl adjacent to an activating group) is 2. The second kappa shape index (κ2) is 7.08. The van der Waals surface area contributed by atoms with E-state index >= 15 is 0 Å². The van der Waals surface area contributed by atoms with Gasteiger partial charge in [0.2, 0.25) is 0 Å². The van der Waals surface area contributed by atoms with Crippen molar-refractivity contribution < 1.29 is 0 Å². The lowest BCUT2D eigenvalue weighted by Gasteiger charge is -2.48. The van der Waals surface area contributed by atoms with E-state index in [0.29, 0.717) is 6.04 Å². The molecule has 2 aliphatic carbocycles. The summed E-state index contributed by atoms with van der Waals surface area (Å²) in [7, 11) is 2.40. The minimum atomic E-state index is 0.704. The molecule has 0 aliphatic heterocycles. The van der Waals surface area contributed by atoms with Crippen LogP contribution < -0.4 is 5.32 Å². The van der Waals surface area contributed by atoms with Gasteiger partial charge in [0, 0.05) is 18.1 Å². The Hall–Kier alpha value is -0.0800. The monoisotopic (exact) mass is 266 g/mol. The predicted octanol–water partition coefficient (Wildman–Crippen LogP) is 3.66. The molecular formula is C17H34N2. The fourth-order valence-corrected chi connectivity index (χ4v) is 4.72. The molecule has 0 spiro atoms. The topological polar surface area (TPSA) is 15.3 Å². The molecule has 112 valence electrons. The Balaban J connectivity index is 2.04.